The number of hydrogen-bond acceptors (Lipinski definition) is 8. The Morgan fingerprint density at radius 1 is 0.902 bits per heavy atom. The van der Waals surface area contributed by atoms with E-state index in [-0.39, 0.29) is 11.4 Å². The molecule has 2 N–H and O–H groups in total. The summed E-state index contributed by atoms with van der Waals surface area (Å²) in [7, 11) is 1.42. The number of amides is 1. The van der Waals surface area contributed by atoms with Gasteiger partial charge in [0.2, 0.25) is 0 Å². The molecule has 3 aromatic carbocycles. The molecule has 41 heavy (non-hydrogen) atoms. The minimum atomic E-state index is -0.584. The number of carbonyl (C=O) groups excluding carboxylic acids is 1. The average Bonchev–Trinajstić information content (AvgIpc) is 3.00. The Balaban J connectivity index is 1.26. The monoisotopic (exact) mass is 547 g/mol. The lowest BCUT2D eigenvalue weighted by atomic mass is 9.96. The van der Waals surface area contributed by atoms with E-state index in [0.29, 0.717) is 30.0 Å². The maximum Gasteiger partial charge on any atom is 0.272 e. The number of nitrogens with zero attached hydrogens (tertiary/aromatic N) is 4. The van der Waals surface area contributed by atoms with Crippen LogP contribution in [0.15, 0.2) is 76.3 Å². The number of carbonyl (C=O) groups is 1. The largest absolute Gasteiger partial charge is 0.491 e. The van der Waals surface area contributed by atoms with Crippen molar-refractivity contribution >= 4 is 22.5 Å². The van der Waals surface area contributed by atoms with Gasteiger partial charge in [-0.2, -0.15) is 0 Å². The van der Waals surface area contributed by atoms with Crippen LogP contribution in [0.4, 0.5) is 5.69 Å². The molecule has 9 nitrogen and oxygen atoms in total. The molecule has 0 unspecified atom stereocenters. The Hall–Kier alpha value is -4.89. The molecule has 1 saturated heterocycles. The SMILES string of the molecule is COc1c(N2CCN(Cc3ccc(-c4nc5cc(C(N)=O)nc(C)c5cc4-c4ccccc4)cc3)CC2)c(=O)c1=O. The molecule has 0 radical (unpaired) electrons. The smallest absolute Gasteiger partial charge is 0.272 e. The van der Waals surface area contributed by atoms with E-state index in [4.69, 9.17) is 15.5 Å². The third-order valence-electron chi connectivity index (χ3n) is 7.71. The van der Waals surface area contributed by atoms with E-state index in [0.717, 1.165) is 53.0 Å². The molecule has 206 valence electrons. The van der Waals surface area contributed by atoms with Crippen LogP contribution in [0.2, 0.25) is 0 Å². The van der Waals surface area contributed by atoms with Crippen molar-refractivity contribution in [3.8, 4) is 28.1 Å². The molecular formula is C32H29N5O4. The highest BCUT2D eigenvalue weighted by molar-refractivity contribution is 5.98. The summed E-state index contributed by atoms with van der Waals surface area (Å²) in [5.41, 5.74) is 11.4. The van der Waals surface area contributed by atoms with Gasteiger partial charge in [-0.1, -0.05) is 54.6 Å². The van der Waals surface area contributed by atoms with Gasteiger partial charge in [0.15, 0.2) is 5.75 Å². The second kappa shape index (κ2) is 10.6. The lowest BCUT2D eigenvalue weighted by molar-refractivity contribution is 0.0995. The summed E-state index contributed by atoms with van der Waals surface area (Å²) in [5.74, 6) is -0.409. The van der Waals surface area contributed by atoms with Crippen LogP contribution in [-0.2, 0) is 6.54 Å². The van der Waals surface area contributed by atoms with Crippen molar-refractivity contribution in [2.75, 3.05) is 38.2 Å². The first-order valence-corrected chi connectivity index (χ1v) is 13.5. The number of anilines is 1. The van der Waals surface area contributed by atoms with E-state index in [1.807, 2.05) is 30.0 Å². The number of nitrogens with two attached hydrogens (primary N) is 1. The van der Waals surface area contributed by atoms with Gasteiger partial charge in [0.25, 0.3) is 16.8 Å². The van der Waals surface area contributed by atoms with Crippen LogP contribution >= 0.6 is 0 Å². The van der Waals surface area contributed by atoms with E-state index < -0.39 is 16.8 Å². The molecule has 0 atom stereocenters. The van der Waals surface area contributed by atoms with Gasteiger partial charge in [0.1, 0.15) is 11.4 Å². The zero-order valence-electron chi connectivity index (χ0n) is 22.9. The van der Waals surface area contributed by atoms with Crippen LogP contribution in [0.3, 0.4) is 0 Å². The van der Waals surface area contributed by atoms with E-state index in [2.05, 4.69) is 52.3 Å². The number of fused-ring (bicyclic) bond motifs is 1. The maximum atomic E-state index is 12.0. The highest BCUT2D eigenvalue weighted by atomic mass is 16.5. The molecular weight excluding hydrogens is 518 g/mol. The standard InChI is InChI=1S/C32H29N5O4/c1-19-23-16-24(21-6-4-3-5-7-21)27(35-25(23)17-26(34-19)32(33)40)22-10-8-20(9-11-22)18-36-12-14-37(15-13-36)28-29(38)30(39)31(28)41-2/h3-11,16-17H,12-15,18H2,1-2H3,(H2,33,40). The fourth-order valence-electron chi connectivity index (χ4n) is 5.51. The number of primary amides is 1. The van der Waals surface area contributed by atoms with Crippen molar-refractivity contribution in [3.05, 3.63) is 104 Å². The number of hydrogen-bond donors (Lipinski definition) is 1. The third-order valence-corrected chi connectivity index (χ3v) is 7.71. The topological polar surface area (TPSA) is 119 Å². The Morgan fingerprint density at radius 2 is 1.61 bits per heavy atom. The van der Waals surface area contributed by atoms with Crippen LogP contribution in [0.25, 0.3) is 33.3 Å². The molecule has 3 heterocycles. The number of pyridine rings is 2. The number of piperazine rings is 1. The highest BCUT2D eigenvalue weighted by Crippen LogP contribution is 2.34. The van der Waals surface area contributed by atoms with Crippen LogP contribution < -0.4 is 26.2 Å². The molecule has 0 bridgehead atoms. The summed E-state index contributed by atoms with van der Waals surface area (Å²) in [6.45, 7) is 5.47. The summed E-state index contributed by atoms with van der Waals surface area (Å²) >= 11 is 0. The van der Waals surface area contributed by atoms with Crippen LogP contribution in [-0.4, -0.2) is 54.1 Å². The molecule has 2 aromatic heterocycles. The van der Waals surface area contributed by atoms with Crippen molar-refractivity contribution < 1.29 is 9.53 Å². The number of methoxy groups -OCH3 is 1. The summed E-state index contributed by atoms with van der Waals surface area (Å²) in [6, 6.07) is 22.2. The zero-order chi connectivity index (χ0) is 28.7. The number of benzene rings is 2. The van der Waals surface area contributed by atoms with Gasteiger partial charge < -0.3 is 15.4 Å². The zero-order valence-corrected chi connectivity index (χ0v) is 22.9. The van der Waals surface area contributed by atoms with Crippen LogP contribution in [0.1, 0.15) is 21.7 Å². The van der Waals surface area contributed by atoms with Crippen molar-refractivity contribution in [1.29, 1.82) is 0 Å². The third kappa shape index (κ3) is 4.85. The first-order chi connectivity index (χ1) is 19.8. The summed E-state index contributed by atoms with van der Waals surface area (Å²) in [5, 5.41) is 0.870. The molecule has 0 aliphatic carbocycles. The van der Waals surface area contributed by atoms with Crippen LogP contribution in [0, 0.1) is 6.92 Å². The Bertz CT molecular complexity index is 1840. The second-order valence-electron chi connectivity index (χ2n) is 10.3. The van der Waals surface area contributed by atoms with Crippen molar-refractivity contribution in [3.63, 3.8) is 0 Å². The Labute approximate surface area is 236 Å². The van der Waals surface area contributed by atoms with E-state index >= 15 is 0 Å². The van der Waals surface area contributed by atoms with E-state index in [1.54, 1.807) is 6.07 Å². The fraction of sp³-hybridized carbons (Fsp3) is 0.219. The highest BCUT2D eigenvalue weighted by Gasteiger charge is 2.29. The predicted octanol–water partition coefficient (Wildman–Crippen LogP) is 3.30. The molecule has 5 aromatic rings. The van der Waals surface area contributed by atoms with Gasteiger partial charge >= 0.3 is 0 Å². The van der Waals surface area contributed by atoms with Gasteiger partial charge in [-0.3, -0.25) is 19.3 Å². The van der Waals surface area contributed by atoms with Gasteiger partial charge in [-0.25, -0.2) is 9.97 Å². The molecule has 1 fully saturated rings. The molecule has 0 spiro atoms. The minimum Gasteiger partial charge on any atom is -0.491 e. The summed E-state index contributed by atoms with van der Waals surface area (Å²) in [6.07, 6.45) is 0. The lowest BCUT2D eigenvalue weighted by Crippen LogP contribution is -2.50. The van der Waals surface area contributed by atoms with Gasteiger partial charge in [0.05, 0.1) is 18.3 Å². The van der Waals surface area contributed by atoms with Gasteiger partial charge in [-0.05, 0) is 30.2 Å². The first kappa shape index (κ1) is 26.3. The van der Waals surface area contributed by atoms with E-state index in [9.17, 15) is 14.4 Å². The molecule has 1 amide bonds. The maximum absolute atomic E-state index is 12.0. The van der Waals surface area contributed by atoms with Crippen molar-refractivity contribution in [2.45, 2.75) is 13.5 Å². The minimum absolute atomic E-state index is 0.175. The number of rotatable bonds is 7. The number of aryl methyl sites for hydroxylation is 1. The first-order valence-electron chi connectivity index (χ1n) is 13.5. The quantitative estimate of drug-likeness (QED) is 0.309. The van der Waals surface area contributed by atoms with Gasteiger partial charge in [0, 0.05) is 54.9 Å². The molecule has 6 rings (SSSR count). The molecule has 0 saturated carbocycles. The number of ether oxygens (including phenoxy) is 1. The van der Waals surface area contributed by atoms with Crippen molar-refractivity contribution in [2.24, 2.45) is 5.73 Å². The summed E-state index contributed by atoms with van der Waals surface area (Å²) in [4.78, 5) is 49.3. The summed E-state index contributed by atoms with van der Waals surface area (Å²) < 4.78 is 5.11. The second-order valence-corrected chi connectivity index (χ2v) is 10.3. The van der Waals surface area contributed by atoms with Crippen LogP contribution in [0.5, 0.6) is 5.75 Å². The lowest BCUT2D eigenvalue weighted by Gasteiger charge is -2.36. The van der Waals surface area contributed by atoms with Crippen molar-refractivity contribution in [1.82, 2.24) is 14.9 Å². The Morgan fingerprint density at radius 3 is 2.27 bits per heavy atom. The van der Waals surface area contributed by atoms with E-state index in [1.165, 1.54) is 7.11 Å². The molecule has 1 aliphatic rings. The Kier molecular flexibility index (Phi) is 6.80. The molecule has 1 aliphatic heterocycles. The average molecular weight is 548 g/mol. The van der Waals surface area contributed by atoms with Gasteiger partial charge in [-0.15, -0.1) is 0 Å². The predicted molar refractivity (Wildman–Crippen MR) is 159 cm³/mol. The normalized spacial score (nSPS) is 14.0. The fourth-order valence-corrected chi connectivity index (χ4v) is 5.51. The number of aromatic nitrogens is 2. The molecule has 9 heteroatoms.